The van der Waals surface area contributed by atoms with E-state index >= 15 is 0 Å². The summed E-state index contributed by atoms with van der Waals surface area (Å²) in [5.74, 6) is 0.632. The zero-order chi connectivity index (χ0) is 13.1. The molecule has 19 heavy (non-hydrogen) atoms. The van der Waals surface area contributed by atoms with Crippen LogP contribution in [0, 0.1) is 0 Å². The molecule has 0 amide bonds. The second-order valence-corrected chi connectivity index (χ2v) is 4.94. The molecule has 0 radical (unpaired) electrons. The second-order valence-electron chi connectivity index (χ2n) is 4.03. The van der Waals surface area contributed by atoms with Crippen molar-refractivity contribution in [2.24, 2.45) is 5.10 Å². The monoisotopic (exact) mass is 314 g/mol. The number of aromatic nitrogens is 2. The second kappa shape index (κ2) is 5.24. The van der Waals surface area contributed by atoms with E-state index in [0.29, 0.717) is 5.95 Å². The maximum absolute atomic E-state index is 4.37. The quantitative estimate of drug-likeness (QED) is 0.571. The van der Waals surface area contributed by atoms with Crippen LogP contribution in [-0.4, -0.2) is 16.2 Å². The number of halogens is 1. The van der Waals surface area contributed by atoms with Crippen molar-refractivity contribution in [2.75, 3.05) is 5.43 Å². The van der Waals surface area contributed by atoms with Crippen LogP contribution in [0.15, 0.2) is 58.1 Å². The molecule has 0 aliphatic carbocycles. The molecule has 5 heteroatoms. The Morgan fingerprint density at radius 2 is 2.05 bits per heavy atom. The van der Waals surface area contributed by atoms with E-state index in [1.165, 1.54) is 0 Å². The first kappa shape index (κ1) is 11.9. The van der Waals surface area contributed by atoms with Gasteiger partial charge in [-0.05, 0) is 29.8 Å². The number of imidazole rings is 1. The highest BCUT2D eigenvalue weighted by Gasteiger charge is 1.99. The molecule has 0 saturated heterocycles. The van der Waals surface area contributed by atoms with Crippen molar-refractivity contribution in [3.8, 4) is 0 Å². The summed E-state index contributed by atoms with van der Waals surface area (Å²) in [5, 5.41) is 4.16. The van der Waals surface area contributed by atoms with Crippen LogP contribution >= 0.6 is 15.9 Å². The molecule has 2 N–H and O–H groups in total. The number of hydrogen-bond acceptors (Lipinski definition) is 3. The number of nitrogens with one attached hydrogen (secondary N) is 2. The number of benzene rings is 2. The highest BCUT2D eigenvalue weighted by Crippen LogP contribution is 2.13. The third-order valence-corrected chi connectivity index (χ3v) is 3.12. The molecule has 0 spiro atoms. The Labute approximate surface area is 118 Å². The minimum Gasteiger partial charge on any atom is -0.323 e. The molecule has 3 rings (SSSR count). The number of anilines is 1. The summed E-state index contributed by atoms with van der Waals surface area (Å²) in [4.78, 5) is 7.52. The number of para-hydroxylation sites is 2. The first-order valence-electron chi connectivity index (χ1n) is 5.81. The third-order valence-electron chi connectivity index (χ3n) is 2.62. The minimum absolute atomic E-state index is 0.632. The van der Waals surface area contributed by atoms with Gasteiger partial charge in [-0.3, -0.25) is 0 Å². The number of aromatic amines is 1. The van der Waals surface area contributed by atoms with Crippen molar-refractivity contribution in [1.82, 2.24) is 9.97 Å². The molecule has 1 aromatic heterocycles. The fourth-order valence-corrected chi connectivity index (χ4v) is 2.18. The Balaban J connectivity index is 1.75. The van der Waals surface area contributed by atoms with Crippen LogP contribution in [0.4, 0.5) is 5.95 Å². The van der Waals surface area contributed by atoms with Gasteiger partial charge in [-0.2, -0.15) is 5.10 Å². The molecule has 0 atom stereocenters. The lowest BCUT2D eigenvalue weighted by Crippen LogP contribution is -1.92. The normalized spacial score (nSPS) is 11.2. The Kier molecular flexibility index (Phi) is 3.29. The molecule has 4 nitrogen and oxygen atoms in total. The largest absolute Gasteiger partial charge is 0.323 e. The highest BCUT2D eigenvalue weighted by atomic mass is 79.9. The number of hydrogen-bond donors (Lipinski definition) is 2. The van der Waals surface area contributed by atoms with E-state index in [9.17, 15) is 0 Å². The van der Waals surface area contributed by atoms with Gasteiger partial charge in [-0.1, -0.05) is 40.2 Å². The highest BCUT2D eigenvalue weighted by molar-refractivity contribution is 9.10. The summed E-state index contributed by atoms with van der Waals surface area (Å²) < 4.78 is 1.03. The molecule has 0 unspecified atom stereocenters. The lowest BCUT2D eigenvalue weighted by atomic mass is 10.2. The average Bonchev–Trinajstić information content (AvgIpc) is 2.81. The van der Waals surface area contributed by atoms with Crippen LogP contribution in [0.1, 0.15) is 5.56 Å². The van der Waals surface area contributed by atoms with E-state index in [1.807, 2.05) is 48.5 Å². The van der Waals surface area contributed by atoms with Crippen LogP contribution in [0.5, 0.6) is 0 Å². The van der Waals surface area contributed by atoms with Gasteiger partial charge in [0.25, 0.3) is 0 Å². The molecule has 0 fully saturated rings. The fourth-order valence-electron chi connectivity index (χ4n) is 1.76. The molecule has 0 saturated carbocycles. The van der Waals surface area contributed by atoms with Gasteiger partial charge in [-0.15, -0.1) is 0 Å². The average molecular weight is 315 g/mol. The van der Waals surface area contributed by atoms with Crippen LogP contribution < -0.4 is 5.43 Å². The van der Waals surface area contributed by atoms with Crippen molar-refractivity contribution in [1.29, 1.82) is 0 Å². The maximum Gasteiger partial charge on any atom is 0.222 e. The SMILES string of the molecule is Brc1cccc(C=NNc2nc3ccccc3[nH]2)c1. The van der Waals surface area contributed by atoms with Gasteiger partial charge >= 0.3 is 0 Å². The van der Waals surface area contributed by atoms with Crippen molar-refractivity contribution < 1.29 is 0 Å². The molecule has 3 aromatic rings. The van der Waals surface area contributed by atoms with Crippen LogP contribution in [0.2, 0.25) is 0 Å². The first-order chi connectivity index (χ1) is 9.31. The Bertz CT molecular complexity index is 700. The summed E-state index contributed by atoms with van der Waals surface area (Å²) in [6, 6.07) is 15.8. The Hall–Kier alpha value is -2.14. The van der Waals surface area contributed by atoms with Crippen LogP contribution in [0.25, 0.3) is 11.0 Å². The van der Waals surface area contributed by atoms with Gasteiger partial charge in [0, 0.05) is 4.47 Å². The number of rotatable bonds is 3. The predicted octanol–water partition coefficient (Wildman–Crippen LogP) is 3.77. The van der Waals surface area contributed by atoms with Crippen molar-refractivity contribution >= 4 is 39.1 Å². The third kappa shape index (κ3) is 2.82. The van der Waals surface area contributed by atoms with E-state index in [4.69, 9.17) is 0 Å². The summed E-state index contributed by atoms with van der Waals surface area (Å²) in [7, 11) is 0. The van der Waals surface area contributed by atoms with Gasteiger partial charge in [-0.25, -0.2) is 10.4 Å². The summed E-state index contributed by atoms with van der Waals surface area (Å²) in [6.45, 7) is 0. The maximum atomic E-state index is 4.37. The van der Waals surface area contributed by atoms with Gasteiger partial charge < -0.3 is 4.98 Å². The molecule has 2 aromatic carbocycles. The molecule has 0 aliphatic rings. The van der Waals surface area contributed by atoms with Gasteiger partial charge in [0.05, 0.1) is 17.2 Å². The zero-order valence-electron chi connectivity index (χ0n) is 9.97. The van der Waals surface area contributed by atoms with Crippen LogP contribution in [0.3, 0.4) is 0 Å². The zero-order valence-corrected chi connectivity index (χ0v) is 11.6. The summed E-state index contributed by atoms with van der Waals surface area (Å²) in [5.41, 5.74) is 5.81. The summed E-state index contributed by atoms with van der Waals surface area (Å²) >= 11 is 3.42. The molecule has 94 valence electrons. The van der Waals surface area contributed by atoms with Crippen molar-refractivity contribution in [2.45, 2.75) is 0 Å². The standard InChI is InChI=1S/C14H11BrN4/c15-11-5-3-4-10(8-11)9-16-19-14-17-12-6-1-2-7-13(12)18-14/h1-9H,(H2,17,18,19). The van der Waals surface area contributed by atoms with E-state index in [2.05, 4.69) is 36.4 Å². The van der Waals surface area contributed by atoms with E-state index in [0.717, 1.165) is 21.1 Å². The van der Waals surface area contributed by atoms with Crippen molar-refractivity contribution in [3.63, 3.8) is 0 Å². The fraction of sp³-hybridized carbons (Fsp3) is 0. The molecule has 1 heterocycles. The Morgan fingerprint density at radius 3 is 2.89 bits per heavy atom. The topological polar surface area (TPSA) is 53.1 Å². The summed E-state index contributed by atoms with van der Waals surface area (Å²) in [6.07, 6.45) is 1.75. The lowest BCUT2D eigenvalue weighted by Gasteiger charge is -1.95. The van der Waals surface area contributed by atoms with E-state index < -0.39 is 0 Å². The van der Waals surface area contributed by atoms with Crippen molar-refractivity contribution in [3.05, 3.63) is 58.6 Å². The predicted molar refractivity (Wildman–Crippen MR) is 81.5 cm³/mol. The smallest absolute Gasteiger partial charge is 0.222 e. The molecule has 0 bridgehead atoms. The van der Waals surface area contributed by atoms with E-state index in [-0.39, 0.29) is 0 Å². The lowest BCUT2D eigenvalue weighted by molar-refractivity contribution is 1.21. The Morgan fingerprint density at radius 1 is 1.16 bits per heavy atom. The first-order valence-corrected chi connectivity index (χ1v) is 6.60. The molecule has 0 aliphatic heterocycles. The molecular formula is C14H11BrN4. The van der Waals surface area contributed by atoms with Gasteiger partial charge in [0.2, 0.25) is 5.95 Å². The van der Waals surface area contributed by atoms with E-state index in [1.54, 1.807) is 6.21 Å². The van der Waals surface area contributed by atoms with Gasteiger partial charge in [0.15, 0.2) is 0 Å². The number of nitrogens with zero attached hydrogens (tertiary/aromatic N) is 2. The number of H-pyrrole nitrogens is 1. The molecular weight excluding hydrogens is 304 g/mol. The number of hydrazone groups is 1. The van der Waals surface area contributed by atoms with Crippen LogP contribution in [-0.2, 0) is 0 Å². The van der Waals surface area contributed by atoms with Gasteiger partial charge in [0.1, 0.15) is 0 Å². The minimum atomic E-state index is 0.632. The number of fused-ring (bicyclic) bond motifs is 1.